The number of carboxylic acid groups (broad SMARTS) is 1. The van der Waals surface area contributed by atoms with Crippen LogP contribution in [0.15, 0.2) is 18.2 Å². The van der Waals surface area contributed by atoms with Gasteiger partial charge >= 0.3 is 5.97 Å². The van der Waals surface area contributed by atoms with Gasteiger partial charge in [0.2, 0.25) is 18.6 Å². The molecule has 0 aliphatic carbocycles. The maximum Gasteiger partial charge on any atom is 0.308 e. The Morgan fingerprint density at radius 2 is 1.87 bits per heavy atom. The molecule has 0 spiro atoms. The summed E-state index contributed by atoms with van der Waals surface area (Å²) in [6.45, 7) is 6.13. The zero-order valence-corrected chi connectivity index (χ0v) is 23.9. The molecule has 1 aromatic rings. The molecule has 3 aliphatic heterocycles. The maximum absolute atomic E-state index is 13.7. The molecular formula is C29H45N4O6+. The first-order valence-corrected chi connectivity index (χ1v) is 14.3. The first-order valence-electron chi connectivity index (χ1n) is 14.3. The van der Waals surface area contributed by atoms with Crippen LogP contribution in [0.2, 0.25) is 0 Å². The lowest BCUT2D eigenvalue weighted by Gasteiger charge is -2.32. The van der Waals surface area contributed by atoms with E-state index < -0.39 is 17.9 Å². The van der Waals surface area contributed by atoms with Gasteiger partial charge in [-0.2, -0.15) is 0 Å². The quantitative estimate of drug-likeness (QED) is 0.380. The number of hydrogen-bond acceptors (Lipinski definition) is 6. The Bertz CT molecular complexity index is 1040. The molecule has 2 amide bonds. The third-order valence-corrected chi connectivity index (χ3v) is 8.17. The average Bonchev–Trinajstić information content (AvgIpc) is 3.59. The zero-order chi connectivity index (χ0) is 28.2. The standard InChI is InChI=1S/C29H44N4O6/c1-5-6-12-30(14-8-15-33(2,3)4)27(35)19-32-17-22(21-10-11-24-25(16-21)39-20-38-24)28(29(36)37)23(32)18-31-13-7-9-26(31)34/h10-11,16,22-23,28H,5-9,12-15,17-20H2,1-4H3/p+1/t22-,23+,28-/m1/s1. The molecule has 0 radical (unpaired) electrons. The van der Waals surface area contributed by atoms with E-state index in [1.54, 1.807) is 4.90 Å². The van der Waals surface area contributed by atoms with E-state index in [-0.39, 0.29) is 31.1 Å². The molecule has 1 N–H and O–H groups in total. The molecule has 3 atom stereocenters. The summed E-state index contributed by atoms with van der Waals surface area (Å²) in [4.78, 5) is 44.7. The molecular weight excluding hydrogens is 500 g/mol. The predicted molar refractivity (Wildman–Crippen MR) is 147 cm³/mol. The van der Waals surface area contributed by atoms with Gasteiger partial charge in [0, 0.05) is 57.5 Å². The van der Waals surface area contributed by atoms with E-state index in [9.17, 15) is 19.5 Å². The molecule has 10 nitrogen and oxygen atoms in total. The molecule has 1 aromatic carbocycles. The van der Waals surface area contributed by atoms with Gasteiger partial charge in [-0.1, -0.05) is 19.4 Å². The summed E-state index contributed by atoms with van der Waals surface area (Å²) in [7, 11) is 6.44. The van der Waals surface area contributed by atoms with Gasteiger partial charge in [-0.05, 0) is 30.5 Å². The Balaban J connectivity index is 1.57. The van der Waals surface area contributed by atoms with Gasteiger partial charge in [-0.25, -0.2) is 0 Å². The molecule has 216 valence electrons. The molecule has 4 rings (SSSR count). The largest absolute Gasteiger partial charge is 0.481 e. The fourth-order valence-electron chi connectivity index (χ4n) is 6.04. The first kappa shape index (κ1) is 29.1. The van der Waals surface area contributed by atoms with E-state index in [1.807, 2.05) is 28.0 Å². The molecule has 0 saturated carbocycles. The van der Waals surface area contributed by atoms with Crippen LogP contribution in [0, 0.1) is 5.92 Å². The number of amides is 2. The number of fused-ring (bicyclic) bond motifs is 1. The van der Waals surface area contributed by atoms with Gasteiger partial charge in [0.15, 0.2) is 11.5 Å². The topological polar surface area (TPSA) is 99.6 Å². The number of rotatable bonds is 13. The Morgan fingerprint density at radius 3 is 2.54 bits per heavy atom. The molecule has 0 unspecified atom stereocenters. The van der Waals surface area contributed by atoms with Crippen molar-refractivity contribution >= 4 is 17.8 Å². The molecule has 2 fully saturated rings. The van der Waals surface area contributed by atoms with Crippen molar-refractivity contribution in [1.82, 2.24) is 14.7 Å². The van der Waals surface area contributed by atoms with Gasteiger partial charge in [-0.15, -0.1) is 0 Å². The highest BCUT2D eigenvalue weighted by atomic mass is 16.7. The SMILES string of the molecule is CCCCN(CCC[N+](C)(C)C)C(=O)CN1C[C@H](c2ccc3c(c2)OCO3)[C@@H](C(=O)O)[C@@H]1CN1CCCC1=O. The highest BCUT2D eigenvalue weighted by Crippen LogP contribution is 2.42. The number of quaternary nitrogens is 1. The monoisotopic (exact) mass is 545 g/mol. The molecule has 2 saturated heterocycles. The van der Waals surface area contributed by atoms with E-state index in [1.165, 1.54) is 0 Å². The van der Waals surface area contributed by atoms with Crippen LogP contribution >= 0.6 is 0 Å². The van der Waals surface area contributed by atoms with Crippen molar-refractivity contribution < 1.29 is 33.4 Å². The van der Waals surface area contributed by atoms with Crippen LogP contribution in [0.5, 0.6) is 11.5 Å². The molecule has 0 bridgehead atoms. The van der Waals surface area contributed by atoms with Crippen LogP contribution in [0.3, 0.4) is 0 Å². The minimum absolute atomic E-state index is 0.0260. The number of ether oxygens (including phenoxy) is 2. The van der Waals surface area contributed by atoms with Crippen molar-refractivity contribution in [3.8, 4) is 11.5 Å². The number of hydrogen-bond donors (Lipinski definition) is 1. The molecule has 3 heterocycles. The summed E-state index contributed by atoms with van der Waals surface area (Å²) in [5.41, 5.74) is 0.852. The summed E-state index contributed by atoms with van der Waals surface area (Å²) >= 11 is 0. The summed E-state index contributed by atoms with van der Waals surface area (Å²) in [6.07, 6.45) is 4.11. The third kappa shape index (κ3) is 7.22. The van der Waals surface area contributed by atoms with Crippen molar-refractivity contribution in [3.05, 3.63) is 23.8 Å². The lowest BCUT2D eigenvalue weighted by Crippen LogP contribution is -2.49. The number of likely N-dealkylation sites (tertiary alicyclic amines) is 2. The normalized spacial score (nSPS) is 23.0. The van der Waals surface area contributed by atoms with Crippen LogP contribution < -0.4 is 9.47 Å². The van der Waals surface area contributed by atoms with Crippen molar-refractivity contribution in [2.24, 2.45) is 5.92 Å². The Hall–Kier alpha value is -2.85. The number of aliphatic carboxylic acids is 1. The fourth-order valence-corrected chi connectivity index (χ4v) is 6.04. The fraction of sp³-hybridized carbons (Fsp3) is 0.690. The van der Waals surface area contributed by atoms with Crippen molar-refractivity contribution in [2.45, 2.75) is 51.0 Å². The van der Waals surface area contributed by atoms with Gasteiger partial charge in [0.25, 0.3) is 0 Å². The highest BCUT2D eigenvalue weighted by molar-refractivity contribution is 5.80. The second kappa shape index (κ2) is 12.6. The highest BCUT2D eigenvalue weighted by Gasteiger charge is 2.48. The van der Waals surface area contributed by atoms with Gasteiger partial charge in [0.1, 0.15) is 0 Å². The van der Waals surface area contributed by atoms with Gasteiger partial charge in [-0.3, -0.25) is 19.3 Å². The van der Waals surface area contributed by atoms with E-state index in [0.29, 0.717) is 50.6 Å². The van der Waals surface area contributed by atoms with Crippen molar-refractivity contribution in [1.29, 1.82) is 0 Å². The lowest BCUT2D eigenvalue weighted by atomic mass is 9.85. The number of carbonyl (C=O) groups is 3. The van der Waals surface area contributed by atoms with Crippen LogP contribution in [0.25, 0.3) is 0 Å². The van der Waals surface area contributed by atoms with Crippen LogP contribution in [0.4, 0.5) is 0 Å². The number of carbonyl (C=O) groups excluding carboxylic acids is 2. The minimum Gasteiger partial charge on any atom is -0.481 e. The first-order chi connectivity index (χ1) is 18.6. The molecule has 3 aliphatic rings. The second-order valence-electron chi connectivity index (χ2n) is 12.1. The third-order valence-electron chi connectivity index (χ3n) is 8.17. The summed E-state index contributed by atoms with van der Waals surface area (Å²) in [6, 6.07) is 5.13. The van der Waals surface area contributed by atoms with Crippen LogP contribution in [0.1, 0.15) is 50.5 Å². The molecule has 10 heteroatoms. The van der Waals surface area contributed by atoms with E-state index in [0.717, 1.165) is 42.3 Å². The van der Waals surface area contributed by atoms with Gasteiger partial charge in [0.05, 0.1) is 40.2 Å². The number of nitrogens with zero attached hydrogens (tertiary/aromatic N) is 4. The smallest absolute Gasteiger partial charge is 0.308 e. The molecule has 0 aromatic heterocycles. The summed E-state index contributed by atoms with van der Waals surface area (Å²) in [5.74, 6) is -0.658. The summed E-state index contributed by atoms with van der Waals surface area (Å²) in [5, 5.41) is 10.4. The van der Waals surface area contributed by atoms with E-state index in [2.05, 4.69) is 28.1 Å². The van der Waals surface area contributed by atoms with Crippen LogP contribution in [-0.2, 0) is 14.4 Å². The van der Waals surface area contributed by atoms with E-state index in [4.69, 9.17) is 9.47 Å². The predicted octanol–water partition coefficient (Wildman–Crippen LogP) is 2.23. The van der Waals surface area contributed by atoms with Gasteiger partial charge < -0.3 is 28.9 Å². The number of carboxylic acids is 1. The average molecular weight is 546 g/mol. The lowest BCUT2D eigenvalue weighted by molar-refractivity contribution is -0.870. The van der Waals surface area contributed by atoms with E-state index >= 15 is 0 Å². The summed E-state index contributed by atoms with van der Waals surface area (Å²) < 4.78 is 11.9. The van der Waals surface area contributed by atoms with Crippen LogP contribution in [-0.4, -0.2) is 122 Å². The Labute approximate surface area is 232 Å². The van der Waals surface area contributed by atoms with Crippen molar-refractivity contribution in [3.63, 3.8) is 0 Å². The molecule has 39 heavy (non-hydrogen) atoms. The number of benzene rings is 1. The number of unbranched alkanes of at least 4 members (excludes halogenated alkanes) is 1. The Kier molecular flexibility index (Phi) is 9.38. The van der Waals surface area contributed by atoms with Crippen molar-refractivity contribution in [2.75, 3.05) is 73.7 Å². The second-order valence-corrected chi connectivity index (χ2v) is 12.1. The maximum atomic E-state index is 13.7. The zero-order valence-electron chi connectivity index (χ0n) is 23.9. The Morgan fingerprint density at radius 1 is 1.13 bits per heavy atom. The minimum atomic E-state index is -0.907.